The van der Waals surface area contributed by atoms with Gasteiger partial charge in [-0.25, -0.2) is 4.98 Å². The number of benzene rings is 2. The molecule has 0 bridgehead atoms. The highest BCUT2D eigenvalue weighted by Gasteiger charge is 2.16. The molecule has 8 nitrogen and oxygen atoms in total. The first-order valence-electron chi connectivity index (χ1n) is 9.99. The lowest BCUT2D eigenvalue weighted by atomic mass is 9.92. The van der Waals surface area contributed by atoms with E-state index in [9.17, 15) is 14.7 Å². The van der Waals surface area contributed by atoms with E-state index in [0.717, 1.165) is 27.3 Å². The molecule has 1 atom stereocenters. The van der Waals surface area contributed by atoms with Gasteiger partial charge in [-0.15, -0.1) is 0 Å². The Morgan fingerprint density at radius 3 is 2.56 bits per heavy atom. The topological polar surface area (TPSA) is 147 Å². The lowest BCUT2D eigenvalue weighted by Gasteiger charge is -2.18. The number of carbonyl (C=O) groups excluding carboxylic acids is 2. The van der Waals surface area contributed by atoms with Gasteiger partial charge in [-0.2, -0.15) is 4.99 Å². The fourth-order valence-corrected chi connectivity index (χ4v) is 4.32. The largest absolute Gasteiger partial charge is 0.550 e. The molecule has 2 aromatic carbocycles. The molecule has 1 aromatic heterocycles. The molecule has 166 valence electrons. The first-order chi connectivity index (χ1) is 15.3. The van der Waals surface area contributed by atoms with E-state index in [1.54, 1.807) is 0 Å². The summed E-state index contributed by atoms with van der Waals surface area (Å²) < 4.78 is 0. The highest BCUT2D eigenvalue weighted by molar-refractivity contribution is 7.18. The van der Waals surface area contributed by atoms with Gasteiger partial charge in [0, 0.05) is 18.9 Å². The summed E-state index contributed by atoms with van der Waals surface area (Å²) in [5.41, 5.74) is 14.3. The van der Waals surface area contributed by atoms with Crippen molar-refractivity contribution in [3.63, 3.8) is 0 Å². The summed E-state index contributed by atoms with van der Waals surface area (Å²) >= 11 is 1.38. The molecule has 0 aliphatic rings. The third-order valence-electron chi connectivity index (χ3n) is 4.80. The third-order valence-corrected chi connectivity index (χ3v) is 5.91. The van der Waals surface area contributed by atoms with Gasteiger partial charge in [0.1, 0.15) is 0 Å². The number of rotatable bonds is 9. The molecule has 0 spiro atoms. The second-order valence-electron chi connectivity index (χ2n) is 7.31. The smallest absolute Gasteiger partial charge is 0.220 e. The average Bonchev–Trinajstić information content (AvgIpc) is 3.11. The molecule has 1 heterocycles. The molecule has 1 unspecified atom stereocenters. The molecule has 9 heteroatoms. The number of nitrogens with one attached hydrogen (secondary N) is 1. The molecule has 3 aromatic rings. The van der Waals surface area contributed by atoms with Crippen LogP contribution in [0.2, 0.25) is 0 Å². The Morgan fingerprint density at radius 1 is 1.12 bits per heavy atom. The molecule has 0 aliphatic carbocycles. The molecule has 1 amide bonds. The third kappa shape index (κ3) is 6.39. The van der Waals surface area contributed by atoms with Gasteiger partial charge in [0.05, 0.1) is 10.6 Å². The van der Waals surface area contributed by atoms with E-state index < -0.39 is 11.9 Å². The van der Waals surface area contributed by atoms with Crippen molar-refractivity contribution in [2.45, 2.75) is 32.2 Å². The van der Waals surface area contributed by atoms with Crippen molar-refractivity contribution in [3.8, 4) is 10.4 Å². The van der Waals surface area contributed by atoms with Gasteiger partial charge < -0.3 is 26.7 Å². The highest BCUT2D eigenvalue weighted by Crippen LogP contribution is 2.34. The number of carbonyl (C=O) groups is 2. The maximum absolute atomic E-state index is 12.5. The van der Waals surface area contributed by atoms with Crippen molar-refractivity contribution in [1.29, 1.82) is 0 Å². The van der Waals surface area contributed by atoms with Crippen molar-refractivity contribution >= 4 is 34.3 Å². The van der Waals surface area contributed by atoms with Crippen LogP contribution >= 0.6 is 11.3 Å². The number of aliphatic carboxylic acids is 1. The van der Waals surface area contributed by atoms with Gasteiger partial charge in [-0.05, 0) is 42.0 Å². The number of hydrogen-bond donors (Lipinski definition) is 3. The van der Waals surface area contributed by atoms with Crippen molar-refractivity contribution in [3.05, 3.63) is 71.4 Å². The summed E-state index contributed by atoms with van der Waals surface area (Å²) in [6, 6.07) is 16.9. The Bertz CT molecular complexity index is 1120. The monoisotopic (exact) mass is 450 g/mol. The van der Waals surface area contributed by atoms with Crippen LogP contribution in [0.1, 0.15) is 35.6 Å². The first kappa shape index (κ1) is 23.0. The normalized spacial score (nSPS) is 11.5. The lowest BCUT2D eigenvalue weighted by Crippen LogP contribution is -2.29. The van der Waals surface area contributed by atoms with Gasteiger partial charge in [0.2, 0.25) is 11.0 Å². The van der Waals surface area contributed by atoms with Gasteiger partial charge in [0.15, 0.2) is 5.96 Å². The standard InChI is InChI=1S/C23H25N5O3S/c1-14-21(32-23(27-14)28-22(24)25)17-9-5-6-15(10-17)13-26-19(29)11-18(12-20(30)31)16-7-3-2-4-8-16/h2-10,18H,11-13H2,1H3,(H,26,29)(H,30,31)(H4,24,25,27,28)/p-1. The SMILES string of the molecule is Cc1nc(N=C(N)N)sc1-c1cccc(CNC(=O)CC(CC(=O)[O-])c2ccccc2)c1. The van der Waals surface area contributed by atoms with Gasteiger partial charge in [-0.1, -0.05) is 59.9 Å². The molecular weight excluding hydrogens is 426 g/mol. The van der Waals surface area contributed by atoms with Crippen molar-refractivity contribution in [2.75, 3.05) is 0 Å². The summed E-state index contributed by atoms with van der Waals surface area (Å²) in [7, 11) is 0. The maximum atomic E-state index is 12.5. The second-order valence-corrected chi connectivity index (χ2v) is 8.29. The van der Waals surface area contributed by atoms with Crippen LogP contribution < -0.4 is 21.9 Å². The zero-order valence-corrected chi connectivity index (χ0v) is 18.4. The predicted molar refractivity (Wildman–Crippen MR) is 123 cm³/mol. The van der Waals surface area contributed by atoms with Gasteiger partial charge in [-0.3, -0.25) is 4.79 Å². The number of nitrogens with two attached hydrogens (primary N) is 2. The fraction of sp³-hybridized carbons (Fsp3) is 0.217. The number of aryl methyl sites for hydroxylation is 1. The molecule has 0 aliphatic heterocycles. The van der Waals surface area contributed by atoms with Crippen LogP contribution in [0, 0.1) is 6.92 Å². The van der Waals surface area contributed by atoms with Crippen LogP contribution in [-0.2, 0) is 16.1 Å². The predicted octanol–water partition coefficient (Wildman–Crippen LogP) is 1.95. The van der Waals surface area contributed by atoms with Crippen molar-refractivity contribution in [2.24, 2.45) is 16.5 Å². The highest BCUT2D eigenvalue weighted by atomic mass is 32.1. The summed E-state index contributed by atoms with van der Waals surface area (Å²) in [5.74, 6) is -1.90. The number of carboxylic acids is 1. The van der Waals surface area contributed by atoms with Gasteiger partial charge >= 0.3 is 0 Å². The number of aliphatic imine (C=N–C) groups is 1. The van der Waals surface area contributed by atoms with Crippen molar-refractivity contribution < 1.29 is 14.7 Å². The number of hydrogen-bond acceptors (Lipinski definition) is 6. The van der Waals surface area contributed by atoms with E-state index in [1.165, 1.54) is 11.3 Å². The summed E-state index contributed by atoms with van der Waals surface area (Å²) in [6.07, 6.45) is -0.150. The van der Waals surface area contributed by atoms with Gasteiger partial charge in [0.25, 0.3) is 0 Å². The maximum Gasteiger partial charge on any atom is 0.220 e. The molecule has 32 heavy (non-hydrogen) atoms. The van der Waals surface area contributed by atoms with Crippen LogP contribution in [0.5, 0.6) is 0 Å². The zero-order chi connectivity index (χ0) is 23.1. The quantitative estimate of drug-likeness (QED) is 0.335. The zero-order valence-electron chi connectivity index (χ0n) is 17.6. The minimum absolute atomic E-state index is 0.0470. The van der Waals surface area contributed by atoms with Crippen LogP contribution in [0.25, 0.3) is 10.4 Å². The van der Waals surface area contributed by atoms with E-state index in [4.69, 9.17) is 11.5 Å². The van der Waals surface area contributed by atoms with Crippen molar-refractivity contribution in [1.82, 2.24) is 10.3 Å². The van der Waals surface area contributed by atoms with E-state index in [0.29, 0.717) is 11.7 Å². The fourth-order valence-electron chi connectivity index (χ4n) is 3.36. The number of carboxylic acid groups (broad SMARTS) is 1. The van der Waals surface area contributed by atoms with Crippen LogP contribution in [0.3, 0.4) is 0 Å². The van der Waals surface area contributed by atoms with E-state index >= 15 is 0 Å². The number of amides is 1. The molecule has 0 saturated carbocycles. The Morgan fingerprint density at radius 2 is 1.88 bits per heavy atom. The number of nitrogens with zero attached hydrogens (tertiary/aromatic N) is 2. The molecule has 0 radical (unpaired) electrons. The summed E-state index contributed by atoms with van der Waals surface area (Å²) in [5, 5.41) is 14.5. The average molecular weight is 451 g/mol. The Labute approximate surface area is 190 Å². The lowest BCUT2D eigenvalue weighted by molar-refractivity contribution is -0.306. The van der Waals surface area contributed by atoms with Crippen LogP contribution in [-0.4, -0.2) is 22.8 Å². The van der Waals surface area contributed by atoms with Crippen LogP contribution in [0.4, 0.5) is 5.13 Å². The molecular formula is C23H24N5O3S-. The minimum Gasteiger partial charge on any atom is -0.550 e. The first-order valence-corrected chi connectivity index (χ1v) is 10.8. The summed E-state index contributed by atoms with van der Waals surface area (Å²) in [6.45, 7) is 2.20. The Balaban J connectivity index is 1.67. The molecule has 5 N–H and O–H groups in total. The van der Waals surface area contributed by atoms with E-state index in [-0.39, 0.29) is 24.7 Å². The Hall–Kier alpha value is -3.72. The molecule has 0 fully saturated rings. The molecule has 3 rings (SSSR count). The molecule has 0 saturated heterocycles. The minimum atomic E-state index is -1.18. The Kier molecular flexibility index (Phi) is 7.56. The number of guanidine groups is 1. The van der Waals surface area contributed by atoms with Crippen LogP contribution in [0.15, 0.2) is 59.6 Å². The summed E-state index contributed by atoms with van der Waals surface area (Å²) in [4.78, 5) is 33.0. The van der Waals surface area contributed by atoms with E-state index in [2.05, 4.69) is 15.3 Å². The number of thiazole rings is 1. The number of aromatic nitrogens is 1. The van der Waals surface area contributed by atoms with E-state index in [1.807, 2.05) is 61.5 Å². The second kappa shape index (κ2) is 10.5.